The average Bonchev–Trinajstić information content (AvgIpc) is 2.74. The molecule has 3 N–H and O–H groups in total. The molecule has 3 aromatic rings. The summed E-state index contributed by atoms with van der Waals surface area (Å²) in [5.74, 6) is 2.06. The molecule has 0 unspecified atom stereocenters. The standard InChI is InChI=1S/C21H24N6O/c28-21(11-6-9-17-7-2-1-3-8-17)24-16-15-23-19-12-13-20(27-26-19)25-18-10-4-5-14-22-18/h1-5,7-8,10,12-14H,6,9,11,15-16H2,(H,23,26)(H,24,28)(H,22,25,27). The van der Waals surface area contributed by atoms with Crippen LogP contribution in [0.4, 0.5) is 17.5 Å². The van der Waals surface area contributed by atoms with Gasteiger partial charge in [0.2, 0.25) is 5.91 Å². The van der Waals surface area contributed by atoms with Crippen molar-refractivity contribution in [2.45, 2.75) is 19.3 Å². The highest BCUT2D eigenvalue weighted by molar-refractivity contribution is 5.75. The number of rotatable bonds is 10. The minimum absolute atomic E-state index is 0.0683. The fourth-order valence-electron chi connectivity index (χ4n) is 2.64. The number of nitrogens with zero attached hydrogens (tertiary/aromatic N) is 3. The first kappa shape index (κ1) is 19.3. The van der Waals surface area contributed by atoms with Gasteiger partial charge in [0.15, 0.2) is 5.82 Å². The maximum absolute atomic E-state index is 11.9. The van der Waals surface area contributed by atoms with Crippen LogP contribution < -0.4 is 16.0 Å². The second kappa shape index (κ2) is 10.6. The van der Waals surface area contributed by atoms with Crippen molar-refractivity contribution in [1.82, 2.24) is 20.5 Å². The largest absolute Gasteiger partial charge is 0.367 e. The van der Waals surface area contributed by atoms with Crippen molar-refractivity contribution in [3.8, 4) is 0 Å². The van der Waals surface area contributed by atoms with E-state index in [0.717, 1.165) is 12.8 Å². The summed E-state index contributed by atoms with van der Waals surface area (Å²) in [6, 6.07) is 19.5. The van der Waals surface area contributed by atoms with Crippen LogP contribution in [0.5, 0.6) is 0 Å². The van der Waals surface area contributed by atoms with Gasteiger partial charge >= 0.3 is 0 Å². The molecule has 7 nitrogen and oxygen atoms in total. The molecular formula is C21H24N6O. The maximum Gasteiger partial charge on any atom is 0.220 e. The van der Waals surface area contributed by atoms with Gasteiger partial charge in [0.1, 0.15) is 11.6 Å². The summed E-state index contributed by atoms with van der Waals surface area (Å²) in [6.45, 7) is 1.13. The lowest BCUT2D eigenvalue weighted by Gasteiger charge is -2.08. The van der Waals surface area contributed by atoms with Crippen molar-refractivity contribution in [2.75, 3.05) is 23.7 Å². The van der Waals surface area contributed by atoms with E-state index >= 15 is 0 Å². The molecule has 0 aliphatic rings. The molecule has 0 spiro atoms. The molecule has 0 bridgehead atoms. The van der Waals surface area contributed by atoms with Crippen molar-refractivity contribution in [1.29, 1.82) is 0 Å². The predicted molar refractivity (Wildman–Crippen MR) is 110 cm³/mol. The van der Waals surface area contributed by atoms with E-state index in [1.807, 2.05) is 48.5 Å². The monoisotopic (exact) mass is 376 g/mol. The summed E-state index contributed by atoms with van der Waals surface area (Å²) in [7, 11) is 0. The number of aryl methyl sites for hydroxylation is 1. The smallest absolute Gasteiger partial charge is 0.220 e. The van der Waals surface area contributed by atoms with E-state index < -0.39 is 0 Å². The Balaban J connectivity index is 1.30. The van der Waals surface area contributed by atoms with Crippen LogP contribution in [0, 0.1) is 0 Å². The minimum atomic E-state index is 0.0683. The zero-order valence-electron chi connectivity index (χ0n) is 15.6. The Hall–Kier alpha value is -3.48. The van der Waals surface area contributed by atoms with Gasteiger partial charge in [-0.05, 0) is 42.7 Å². The lowest BCUT2D eigenvalue weighted by molar-refractivity contribution is -0.121. The highest BCUT2D eigenvalue weighted by Crippen LogP contribution is 2.11. The van der Waals surface area contributed by atoms with E-state index in [1.54, 1.807) is 6.20 Å². The molecule has 0 aliphatic heterocycles. The van der Waals surface area contributed by atoms with E-state index in [9.17, 15) is 4.79 Å². The third-order valence-electron chi connectivity index (χ3n) is 4.05. The lowest BCUT2D eigenvalue weighted by atomic mass is 10.1. The molecule has 28 heavy (non-hydrogen) atoms. The van der Waals surface area contributed by atoms with Crippen molar-refractivity contribution in [3.63, 3.8) is 0 Å². The fourth-order valence-corrected chi connectivity index (χ4v) is 2.64. The predicted octanol–water partition coefficient (Wildman–Crippen LogP) is 3.17. The Bertz CT molecular complexity index is 840. The Morgan fingerprint density at radius 1 is 0.821 bits per heavy atom. The van der Waals surface area contributed by atoms with E-state index in [4.69, 9.17) is 0 Å². The van der Waals surface area contributed by atoms with Gasteiger partial charge in [-0.3, -0.25) is 4.79 Å². The molecule has 7 heteroatoms. The second-order valence-electron chi connectivity index (χ2n) is 6.26. The van der Waals surface area contributed by atoms with Gasteiger partial charge in [-0.25, -0.2) is 4.98 Å². The number of carbonyl (C=O) groups is 1. The Labute approximate surface area is 164 Å². The number of aromatic nitrogens is 3. The van der Waals surface area contributed by atoms with E-state index in [-0.39, 0.29) is 5.91 Å². The Morgan fingerprint density at radius 3 is 2.36 bits per heavy atom. The van der Waals surface area contributed by atoms with Crippen LogP contribution in [0.15, 0.2) is 66.9 Å². The summed E-state index contributed by atoms with van der Waals surface area (Å²) in [5, 5.41) is 17.3. The molecule has 1 amide bonds. The van der Waals surface area contributed by atoms with Gasteiger partial charge in [-0.1, -0.05) is 36.4 Å². The highest BCUT2D eigenvalue weighted by atomic mass is 16.1. The van der Waals surface area contributed by atoms with Crippen LogP contribution in [0.2, 0.25) is 0 Å². The third-order valence-corrected chi connectivity index (χ3v) is 4.05. The highest BCUT2D eigenvalue weighted by Gasteiger charge is 2.02. The molecule has 144 valence electrons. The topological polar surface area (TPSA) is 91.8 Å². The first-order chi connectivity index (χ1) is 13.8. The van der Waals surface area contributed by atoms with Crippen LogP contribution in [-0.4, -0.2) is 34.2 Å². The van der Waals surface area contributed by atoms with Gasteiger partial charge in [0.25, 0.3) is 0 Å². The second-order valence-corrected chi connectivity index (χ2v) is 6.26. The average molecular weight is 376 g/mol. The van der Waals surface area contributed by atoms with Gasteiger partial charge in [-0.15, -0.1) is 10.2 Å². The quantitative estimate of drug-likeness (QED) is 0.471. The fraction of sp³-hybridized carbons (Fsp3) is 0.238. The molecule has 3 rings (SSSR count). The van der Waals surface area contributed by atoms with Crippen LogP contribution in [-0.2, 0) is 11.2 Å². The van der Waals surface area contributed by atoms with Gasteiger partial charge in [0.05, 0.1) is 0 Å². The molecule has 0 radical (unpaired) electrons. The Kier molecular flexibility index (Phi) is 7.31. The van der Waals surface area contributed by atoms with E-state index in [1.165, 1.54) is 5.56 Å². The molecule has 2 heterocycles. The molecule has 0 aliphatic carbocycles. The van der Waals surface area contributed by atoms with E-state index in [2.05, 4.69) is 43.3 Å². The molecule has 0 fully saturated rings. The first-order valence-corrected chi connectivity index (χ1v) is 9.36. The zero-order chi connectivity index (χ0) is 19.4. The summed E-state index contributed by atoms with van der Waals surface area (Å²) < 4.78 is 0. The van der Waals surface area contributed by atoms with Crippen LogP contribution in [0.3, 0.4) is 0 Å². The lowest BCUT2D eigenvalue weighted by Crippen LogP contribution is -2.28. The third kappa shape index (κ3) is 6.68. The Morgan fingerprint density at radius 2 is 1.61 bits per heavy atom. The van der Waals surface area contributed by atoms with Crippen LogP contribution in [0.25, 0.3) is 0 Å². The molecule has 2 aromatic heterocycles. The van der Waals surface area contributed by atoms with Crippen LogP contribution >= 0.6 is 0 Å². The number of anilines is 3. The summed E-state index contributed by atoms with van der Waals surface area (Å²) in [5.41, 5.74) is 1.26. The number of nitrogens with one attached hydrogen (secondary N) is 3. The minimum Gasteiger partial charge on any atom is -0.367 e. The number of hydrogen-bond donors (Lipinski definition) is 3. The number of benzene rings is 1. The van der Waals surface area contributed by atoms with Crippen molar-refractivity contribution in [3.05, 3.63) is 72.4 Å². The van der Waals surface area contributed by atoms with E-state index in [0.29, 0.717) is 37.0 Å². The molecule has 0 saturated heterocycles. The number of pyridine rings is 1. The van der Waals surface area contributed by atoms with Crippen LogP contribution in [0.1, 0.15) is 18.4 Å². The summed E-state index contributed by atoms with van der Waals surface area (Å²) >= 11 is 0. The molecule has 0 saturated carbocycles. The summed E-state index contributed by atoms with van der Waals surface area (Å²) in [6.07, 6.45) is 4.00. The number of hydrogen-bond acceptors (Lipinski definition) is 6. The van der Waals surface area contributed by atoms with Gasteiger partial charge in [-0.2, -0.15) is 0 Å². The normalized spacial score (nSPS) is 10.3. The molecule has 0 atom stereocenters. The molecule has 1 aromatic carbocycles. The zero-order valence-corrected chi connectivity index (χ0v) is 15.6. The van der Waals surface area contributed by atoms with Gasteiger partial charge < -0.3 is 16.0 Å². The van der Waals surface area contributed by atoms with Crippen molar-refractivity contribution < 1.29 is 4.79 Å². The number of amides is 1. The van der Waals surface area contributed by atoms with Crippen molar-refractivity contribution in [2.24, 2.45) is 0 Å². The molecular weight excluding hydrogens is 352 g/mol. The van der Waals surface area contributed by atoms with Crippen molar-refractivity contribution >= 4 is 23.4 Å². The SMILES string of the molecule is O=C(CCCc1ccccc1)NCCNc1ccc(Nc2ccccn2)nn1. The first-order valence-electron chi connectivity index (χ1n) is 9.36. The number of carbonyl (C=O) groups excluding carboxylic acids is 1. The maximum atomic E-state index is 11.9. The van der Waals surface area contributed by atoms with Gasteiger partial charge in [0, 0.05) is 25.7 Å². The summed E-state index contributed by atoms with van der Waals surface area (Å²) in [4.78, 5) is 16.1.